The fraction of sp³-hybridized carbons (Fsp3) is 0.400. The van der Waals surface area contributed by atoms with Gasteiger partial charge in [0, 0.05) is 13.1 Å². The molecule has 0 aliphatic heterocycles. The van der Waals surface area contributed by atoms with E-state index < -0.39 is 10.1 Å². The van der Waals surface area contributed by atoms with Crippen molar-refractivity contribution in [3.05, 3.63) is 28.8 Å². The number of rotatable bonds is 6. The van der Waals surface area contributed by atoms with Crippen LogP contribution in [0.3, 0.4) is 0 Å². The second-order valence-corrected chi connectivity index (χ2v) is 5.41. The summed E-state index contributed by atoms with van der Waals surface area (Å²) in [6.45, 7) is 0.654. The van der Waals surface area contributed by atoms with Crippen LogP contribution < -0.4 is 10.1 Å². The lowest BCUT2D eigenvalue weighted by molar-refractivity contribution is 0.415. The maximum Gasteiger partial charge on any atom is 0.266 e. The minimum Gasteiger partial charge on any atom is -0.495 e. The Morgan fingerprint density at radius 3 is 2.71 bits per heavy atom. The summed E-state index contributed by atoms with van der Waals surface area (Å²) in [5.74, 6) is 0.282. The van der Waals surface area contributed by atoms with Crippen molar-refractivity contribution in [3.63, 3.8) is 0 Å². The molecule has 5 nitrogen and oxygen atoms in total. The molecule has 0 aliphatic rings. The van der Waals surface area contributed by atoms with Crippen LogP contribution in [0.15, 0.2) is 18.2 Å². The number of benzene rings is 1. The quantitative estimate of drug-likeness (QED) is 0.607. The first-order valence-corrected chi connectivity index (χ1v) is 6.89. The summed E-state index contributed by atoms with van der Waals surface area (Å²) < 4.78 is 34.4. The normalized spacial score (nSPS) is 11.5. The fourth-order valence-electron chi connectivity index (χ4n) is 1.25. The van der Waals surface area contributed by atoms with E-state index in [0.717, 1.165) is 5.56 Å². The molecule has 0 atom stereocenters. The van der Waals surface area contributed by atoms with Crippen molar-refractivity contribution in [2.24, 2.45) is 0 Å². The zero-order chi connectivity index (χ0) is 12.9. The van der Waals surface area contributed by atoms with E-state index in [1.807, 2.05) is 6.07 Å². The Bertz CT molecular complexity index is 475. The molecular formula is C10H14ClNO4S. The van der Waals surface area contributed by atoms with E-state index in [2.05, 4.69) is 5.32 Å². The molecule has 2 N–H and O–H groups in total. The summed E-state index contributed by atoms with van der Waals surface area (Å²) in [7, 11) is -2.37. The van der Waals surface area contributed by atoms with Crippen molar-refractivity contribution in [3.8, 4) is 5.75 Å². The number of ether oxygens (including phenoxy) is 1. The van der Waals surface area contributed by atoms with Crippen LogP contribution in [0.25, 0.3) is 0 Å². The highest BCUT2D eigenvalue weighted by Gasteiger charge is 2.04. The van der Waals surface area contributed by atoms with E-state index in [1.165, 1.54) is 7.11 Å². The third-order valence-electron chi connectivity index (χ3n) is 2.08. The molecule has 0 spiro atoms. The van der Waals surface area contributed by atoms with Crippen LogP contribution in [-0.4, -0.2) is 32.4 Å². The van der Waals surface area contributed by atoms with Crippen LogP contribution in [0, 0.1) is 0 Å². The van der Waals surface area contributed by atoms with E-state index in [1.54, 1.807) is 12.1 Å². The molecule has 17 heavy (non-hydrogen) atoms. The number of hydrogen-bond acceptors (Lipinski definition) is 4. The van der Waals surface area contributed by atoms with Gasteiger partial charge in [-0.2, -0.15) is 8.42 Å². The van der Waals surface area contributed by atoms with Gasteiger partial charge in [-0.3, -0.25) is 4.55 Å². The van der Waals surface area contributed by atoms with E-state index in [-0.39, 0.29) is 12.3 Å². The zero-order valence-corrected chi connectivity index (χ0v) is 10.9. The first-order chi connectivity index (χ1) is 7.92. The van der Waals surface area contributed by atoms with E-state index in [9.17, 15) is 8.42 Å². The van der Waals surface area contributed by atoms with E-state index >= 15 is 0 Å². The predicted octanol–water partition coefficient (Wildman–Crippen LogP) is 1.33. The second-order valence-electron chi connectivity index (χ2n) is 3.43. The molecule has 1 rings (SSSR count). The van der Waals surface area contributed by atoms with Gasteiger partial charge in [0.1, 0.15) is 5.75 Å². The van der Waals surface area contributed by atoms with Gasteiger partial charge in [-0.1, -0.05) is 17.7 Å². The maximum atomic E-state index is 10.5. The second kappa shape index (κ2) is 6.20. The molecular weight excluding hydrogens is 266 g/mol. The SMILES string of the molecule is COc1ccc(CNCCS(=O)(=O)O)cc1Cl. The van der Waals surface area contributed by atoms with E-state index in [0.29, 0.717) is 17.3 Å². The van der Waals surface area contributed by atoms with Crippen LogP contribution in [0.1, 0.15) is 5.56 Å². The summed E-state index contributed by atoms with van der Waals surface area (Å²) in [5.41, 5.74) is 0.908. The standard InChI is InChI=1S/C10H14ClNO4S/c1-16-10-3-2-8(6-9(10)11)7-12-4-5-17(13,14)15/h2-3,6,12H,4-5,7H2,1H3,(H,13,14,15). The largest absolute Gasteiger partial charge is 0.495 e. The van der Waals surface area contributed by atoms with Gasteiger partial charge in [0.05, 0.1) is 17.9 Å². The number of methoxy groups -OCH3 is 1. The summed E-state index contributed by atoms with van der Waals surface area (Å²) in [4.78, 5) is 0. The molecule has 0 aromatic heterocycles. The third kappa shape index (κ3) is 5.36. The average Bonchev–Trinajstić information content (AvgIpc) is 2.23. The van der Waals surface area contributed by atoms with Crippen molar-refractivity contribution in [1.29, 1.82) is 0 Å². The Labute approximate surface area is 105 Å². The fourth-order valence-corrected chi connectivity index (χ4v) is 1.94. The minimum atomic E-state index is -3.91. The molecule has 1 aromatic rings. The smallest absolute Gasteiger partial charge is 0.266 e. The van der Waals surface area contributed by atoms with Gasteiger partial charge in [0.2, 0.25) is 0 Å². The summed E-state index contributed by atoms with van der Waals surface area (Å²) in [6.07, 6.45) is 0. The molecule has 0 bridgehead atoms. The first-order valence-electron chi connectivity index (χ1n) is 4.90. The lowest BCUT2D eigenvalue weighted by Crippen LogP contribution is -2.22. The zero-order valence-electron chi connectivity index (χ0n) is 9.31. The van der Waals surface area contributed by atoms with Crippen molar-refractivity contribution in [1.82, 2.24) is 5.32 Å². The highest BCUT2D eigenvalue weighted by atomic mass is 35.5. The summed E-state index contributed by atoms with van der Waals surface area (Å²) in [6, 6.07) is 5.30. The minimum absolute atomic E-state index is 0.183. The third-order valence-corrected chi connectivity index (χ3v) is 3.10. The molecule has 1 aromatic carbocycles. The number of halogens is 1. The Kier molecular flexibility index (Phi) is 5.20. The van der Waals surface area contributed by atoms with Crippen LogP contribution in [0.4, 0.5) is 0 Å². The summed E-state index contributed by atoms with van der Waals surface area (Å²) >= 11 is 5.93. The van der Waals surface area contributed by atoms with Crippen molar-refractivity contribution >= 4 is 21.7 Å². The van der Waals surface area contributed by atoms with Crippen molar-refractivity contribution in [2.45, 2.75) is 6.54 Å². The predicted molar refractivity (Wildman–Crippen MR) is 66.1 cm³/mol. The van der Waals surface area contributed by atoms with Crippen LogP contribution in [-0.2, 0) is 16.7 Å². The van der Waals surface area contributed by atoms with Gasteiger partial charge < -0.3 is 10.1 Å². The van der Waals surface area contributed by atoms with Crippen LogP contribution in [0.2, 0.25) is 5.02 Å². The monoisotopic (exact) mass is 279 g/mol. The van der Waals surface area contributed by atoms with Crippen molar-refractivity contribution in [2.75, 3.05) is 19.4 Å². The van der Waals surface area contributed by atoms with Gasteiger partial charge in [0.25, 0.3) is 10.1 Å². The number of hydrogen-bond donors (Lipinski definition) is 2. The molecule has 7 heteroatoms. The van der Waals surface area contributed by atoms with Gasteiger partial charge in [0.15, 0.2) is 0 Å². The Balaban J connectivity index is 2.45. The maximum absolute atomic E-state index is 10.5. The topological polar surface area (TPSA) is 75.6 Å². The lowest BCUT2D eigenvalue weighted by atomic mass is 10.2. The Hall–Kier alpha value is -0.820. The van der Waals surface area contributed by atoms with E-state index in [4.69, 9.17) is 20.9 Å². The Morgan fingerprint density at radius 2 is 2.18 bits per heavy atom. The molecule has 0 amide bonds. The van der Waals surface area contributed by atoms with Gasteiger partial charge >= 0.3 is 0 Å². The van der Waals surface area contributed by atoms with Crippen LogP contribution >= 0.6 is 11.6 Å². The van der Waals surface area contributed by atoms with Crippen molar-refractivity contribution < 1.29 is 17.7 Å². The highest BCUT2D eigenvalue weighted by molar-refractivity contribution is 7.85. The summed E-state index contributed by atoms with van der Waals surface area (Å²) in [5, 5.41) is 3.39. The molecule has 0 saturated carbocycles. The van der Waals surface area contributed by atoms with Crippen LogP contribution in [0.5, 0.6) is 5.75 Å². The Morgan fingerprint density at radius 1 is 1.47 bits per heavy atom. The molecule has 0 radical (unpaired) electrons. The molecule has 0 aliphatic carbocycles. The molecule has 0 fully saturated rings. The van der Waals surface area contributed by atoms with Gasteiger partial charge in [-0.05, 0) is 17.7 Å². The molecule has 0 unspecified atom stereocenters. The first kappa shape index (κ1) is 14.2. The molecule has 0 saturated heterocycles. The molecule has 96 valence electrons. The molecule has 0 heterocycles. The average molecular weight is 280 g/mol. The van der Waals surface area contributed by atoms with Gasteiger partial charge in [-0.25, -0.2) is 0 Å². The highest BCUT2D eigenvalue weighted by Crippen LogP contribution is 2.24. The number of nitrogens with one attached hydrogen (secondary N) is 1. The lowest BCUT2D eigenvalue weighted by Gasteiger charge is -2.07. The van der Waals surface area contributed by atoms with Gasteiger partial charge in [-0.15, -0.1) is 0 Å².